The number of rotatable bonds is 6. The van der Waals surface area contributed by atoms with Gasteiger partial charge in [-0.05, 0) is 73.7 Å². The lowest BCUT2D eigenvalue weighted by Crippen LogP contribution is -2.47. The third-order valence-corrected chi connectivity index (χ3v) is 13.8. The summed E-state index contributed by atoms with van der Waals surface area (Å²) in [7, 11) is -2.15. The summed E-state index contributed by atoms with van der Waals surface area (Å²) in [5, 5.41) is 1.04. The van der Waals surface area contributed by atoms with Gasteiger partial charge in [0.25, 0.3) is 8.32 Å². The maximum Gasteiger partial charge on any atom is 0.419 e. The van der Waals surface area contributed by atoms with Crippen LogP contribution < -0.4 is 0 Å². The second kappa shape index (κ2) is 10.2. The molecule has 2 heterocycles. The van der Waals surface area contributed by atoms with Crippen LogP contribution in [0.3, 0.4) is 0 Å². The van der Waals surface area contributed by atoms with E-state index in [4.69, 9.17) is 13.6 Å². The van der Waals surface area contributed by atoms with Gasteiger partial charge < -0.3 is 13.6 Å². The predicted octanol–water partition coefficient (Wildman–Crippen LogP) is 9.17. The van der Waals surface area contributed by atoms with Crippen LogP contribution in [0, 0.1) is 0 Å². The zero-order chi connectivity index (χ0) is 27.1. The number of para-hydroxylation sites is 1. The molecule has 4 rings (SSSR count). The van der Waals surface area contributed by atoms with Crippen LogP contribution in [0.15, 0.2) is 58.9 Å². The second-order valence-electron chi connectivity index (χ2n) is 12.2. The molecule has 0 bridgehead atoms. The van der Waals surface area contributed by atoms with Gasteiger partial charge in [0.05, 0.1) is 23.5 Å². The summed E-state index contributed by atoms with van der Waals surface area (Å²) in [6.45, 7) is 19.6. The molecule has 0 fully saturated rings. The van der Waals surface area contributed by atoms with E-state index in [1.165, 1.54) is 0 Å². The number of benzene rings is 1. The van der Waals surface area contributed by atoms with Gasteiger partial charge in [-0.1, -0.05) is 59.7 Å². The first-order chi connectivity index (χ1) is 17.4. The Balaban J connectivity index is 1.91. The first kappa shape index (κ1) is 27.3. The molecule has 0 amide bonds. The number of carbonyl (C=O) groups is 1. The van der Waals surface area contributed by atoms with Gasteiger partial charge in [0.15, 0.2) is 0 Å². The van der Waals surface area contributed by atoms with E-state index in [2.05, 4.69) is 53.7 Å². The minimum atomic E-state index is -2.15. The number of nitrogens with zero attached hydrogens (tertiary/aromatic N) is 1. The summed E-state index contributed by atoms with van der Waals surface area (Å²) < 4.78 is 20.9. The van der Waals surface area contributed by atoms with Crippen LogP contribution in [0.5, 0.6) is 0 Å². The Morgan fingerprint density at radius 3 is 2.19 bits per heavy atom. The molecule has 0 saturated heterocycles. The zero-order valence-electron chi connectivity index (χ0n) is 23.9. The van der Waals surface area contributed by atoms with E-state index in [0.29, 0.717) is 23.0 Å². The maximum absolute atomic E-state index is 13.6. The van der Waals surface area contributed by atoms with Gasteiger partial charge in [0.1, 0.15) is 11.4 Å². The molecule has 0 aliphatic heterocycles. The van der Waals surface area contributed by atoms with E-state index >= 15 is 0 Å². The smallest absolute Gasteiger partial charge is 0.419 e. The Hall–Kier alpha value is -2.73. The number of allylic oxidation sites excluding steroid dienone is 2. The average molecular weight is 522 g/mol. The molecule has 1 unspecified atom stereocenters. The third-order valence-electron chi connectivity index (χ3n) is 7.73. The Morgan fingerprint density at radius 1 is 0.973 bits per heavy atom. The quantitative estimate of drug-likeness (QED) is 0.303. The Bertz CT molecular complexity index is 1250. The lowest BCUT2D eigenvalue weighted by Gasteiger charge is -2.43. The number of ether oxygens (including phenoxy) is 1. The number of aromatic nitrogens is 1. The highest BCUT2D eigenvalue weighted by Crippen LogP contribution is 2.47. The van der Waals surface area contributed by atoms with E-state index in [9.17, 15) is 4.79 Å². The number of furan rings is 1. The fraction of sp³-hybridized carbons (Fsp3) is 0.516. The van der Waals surface area contributed by atoms with Gasteiger partial charge in [-0.15, -0.1) is 0 Å². The van der Waals surface area contributed by atoms with Crippen molar-refractivity contribution in [3.05, 3.63) is 71.5 Å². The second-order valence-corrected chi connectivity index (χ2v) is 17.6. The number of hydrogen-bond donors (Lipinski definition) is 0. The van der Waals surface area contributed by atoms with Crippen molar-refractivity contribution in [2.45, 2.75) is 103 Å². The van der Waals surface area contributed by atoms with Gasteiger partial charge in [-0.3, -0.25) is 0 Å². The van der Waals surface area contributed by atoms with Crippen molar-refractivity contribution in [1.29, 1.82) is 0 Å². The fourth-order valence-electron chi connectivity index (χ4n) is 6.38. The summed E-state index contributed by atoms with van der Waals surface area (Å²) in [6, 6.07) is 12.1. The van der Waals surface area contributed by atoms with Gasteiger partial charge in [0, 0.05) is 17.5 Å². The summed E-state index contributed by atoms with van der Waals surface area (Å²) in [4.78, 5) is 13.6. The van der Waals surface area contributed by atoms with Crippen molar-refractivity contribution in [3.8, 4) is 0 Å². The molecule has 200 valence electrons. The molecule has 0 radical (unpaired) electrons. The molecule has 0 saturated carbocycles. The monoisotopic (exact) mass is 521 g/mol. The lowest BCUT2D eigenvalue weighted by molar-refractivity contribution is 0.0540. The van der Waals surface area contributed by atoms with E-state index in [1.807, 2.05) is 51.1 Å². The van der Waals surface area contributed by atoms with Crippen molar-refractivity contribution in [2.75, 3.05) is 0 Å². The van der Waals surface area contributed by atoms with E-state index in [1.54, 1.807) is 10.8 Å². The Labute approximate surface area is 223 Å². The van der Waals surface area contributed by atoms with Crippen molar-refractivity contribution >= 4 is 25.3 Å². The van der Waals surface area contributed by atoms with Crippen molar-refractivity contribution in [3.63, 3.8) is 0 Å². The standard InChI is InChI=1S/C31H43NO4Si/c1-20(2)37(21(3)4,22(5)6)36-23-16-17-27-29(25(19-23)28-15-12-18-34-28)24-13-10-11-14-26(24)32(27)30(33)35-31(7,8)9/h10-15,18-22,25H,16-17H2,1-9H3. The van der Waals surface area contributed by atoms with Crippen molar-refractivity contribution in [2.24, 2.45) is 0 Å². The van der Waals surface area contributed by atoms with Gasteiger partial charge in [0.2, 0.25) is 0 Å². The molecule has 5 nitrogen and oxygen atoms in total. The highest BCUT2D eigenvalue weighted by atomic mass is 28.4. The predicted molar refractivity (Wildman–Crippen MR) is 153 cm³/mol. The molecule has 1 aliphatic rings. The van der Waals surface area contributed by atoms with Crippen LogP contribution in [0.1, 0.15) is 91.7 Å². The summed E-state index contributed by atoms with van der Waals surface area (Å²) in [6.07, 6.45) is 5.04. The van der Waals surface area contributed by atoms with Crippen molar-refractivity contribution < 1.29 is 18.4 Å². The topological polar surface area (TPSA) is 53.6 Å². The highest BCUT2D eigenvalue weighted by molar-refractivity contribution is 6.77. The highest BCUT2D eigenvalue weighted by Gasteiger charge is 2.47. The summed E-state index contributed by atoms with van der Waals surface area (Å²) >= 11 is 0. The average Bonchev–Trinajstić information content (AvgIpc) is 3.39. The van der Waals surface area contributed by atoms with Crippen LogP contribution in [-0.2, 0) is 15.6 Å². The van der Waals surface area contributed by atoms with Gasteiger partial charge >= 0.3 is 6.09 Å². The molecule has 0 spiro atoms. The van der Waals surface area contributed by atoms with Crippen LogP contribution in [0.25, 0.3) is 10.9 Å². The first-order valence-corrected chi connectivity index (χ1v) is 15.8. The molecule has 1 aliphatic carbocycles. The number of carbonyl (C=O) groups excluding carboxylic acids is 1. The Kier molecular flexibility index (Phi) is 7.53. The SMILES string of the molecule is CC(C)[Si](OC1=CC(c2ccco2)c2c(n(C(=O)OC(C)(C)C)c3ccccc23)CC1)(C(C)C)C(C)C. The lowest BCUT2D eigenvalue weighted by atomic mass is 9.94. The fourth-order valence-corrected chi connectivity index (χ4v) is 11.7. The number of fused-ring (bicyclic) bond motifs is 3. The third kappa shape index (κ3) is 5.05. The molecular formula is C31H43NO4Si. The Morgan fingerprint density at radius 2 is 1.62 bits per heavy atom. The molecular weight excluding hydrogens is 478 g/mol. The molecule has 2 aromatic heterocycles. The molecule has 0 N–H and O–H groups in total. The minimum Gasteiger partial charge on any atom is -0.546 e. The zero-order valence-corrected chi connectivity index (χ0v) is 24.9. The van der Waals surface area contributed by atoms with E-state index < -0.39 is 13.9 Å². The van der Waals surface area contributed by atoms with Crippen LogP contribution in [0.2, 0.25) is 16.6 Å². The van der Waals surface area contributed by atoms with E-state index in [-0.39, 0.29) is 12.0 Å². The minimum absolute atomic E-state index is 0.158. The van der Waals surface area contributed by atoms with Gasteiger partial charge in [-0.2, -0.15) is 0 Å². The van der Waals surface area contributed by atoms with E-state index in [0.717, 1.165) is 40.1 Å². The van der Waals surface area contributed by atoms with Crippen molar-refractivity contribution in [1.82, 2.24) is 4.57 Å². The van der Waals surface area contributed by atoms with Crippen LogP contribution in [0.4, 0.5) is 4.79 Å². The normalized spacial score (nSPS) is 16.8. The molecule has 6 heteroatoms. The first-order valence-electron chi connectivity index (χ1n) is 13.7. The molecule has 1 aromatic carbocycles. The molecule has 37 heavy (non-hydrogen) atoms. The summed E-state index contributed by atoms with van der Waals surface area (Å²) in [5.41, 5.74) is 3.75. The van der Waals surface area contributed by atoms with Crippen LogP contribution in [-0.4, -0.2) is 24.6 Å². The molecule has 1 atom stereocenters. The summed E-state index contributed by atoms with van der Waals surface area (Å²) in [5.74, 6) is 1.71. The largest absolute Gasteiger partial charge is 0.546 e. The van der Waals surface area contributed by atoms with Gasteiger partial charge in [-0.25, -0.2) is 9.36 Å². The maximum atomic E-state index is 13.6. The molecule has 3 aromatic rings. The van der Waals surface area contributed by atoms with Crippen LogP contribution >= 0.6 is 0 Å². The number of hydrogen-bond acceptors (Lipinski definition) is 4.